The molecule has 1 heterocycles. The fourth-order valence-corrected chi connectivity index (χ4v) is 1.22. The van der Waals surface area contributed by atoms with Crippen molar-refractivity contribution in [3.05, 3.63) is 46.9 Å². The summed E-state index contributed by atoms with van der Waals surface area (Å²) < 4.78 is 18.5. The molecule has 1 aromatic heterocycles. The van der Waals surface area contributed by atoms with Gasteiger partial charge in [0.1, 0.15) is 11.6 Å². The molecule has 0 saturated heterocycles. The van der Waals surface area contributed by atoms with Crippen LogP contribution in [0.5, 0.6) is 11.6 Å². The zero-order chi connectivity index (χ0) is 11.5. The van der Waals surface area contributed by atoms with Gasteiger partial charge in [0.15, 0.2) is 5.15 Å². The maximum Gasteiger partial charge on any atom is 0.238 e. The van der Waals surface area contributed by atoms with Gasteiger partial charge in [-0.25, -0.2) is 4.39 Å². The fraction of sp³-hybridized carbons (Fsp3) is 0.0909. The van der Waals surface area contributed by atoms with Gasteiger partial charge in [-0.15, -0.1) is 10.2 Å². The molecule has 0 aliphatic rings. The van der Waals surface area contributed by atoms with Crippen LogP contribution < -0.4 is 4.74 Å². The molecule has 1 aromatic carbocycles. The molecule has 2 rings (SSSR count). The quantitative estimate of drug-likeness (QED) is 0.805. The van der Waals surface area contributed by atoms with Crippen LogP contribution in [0, 0.1) is 12.7 Å². The molecule has 0 atom stereocenters. The number of nitrogens with zero attached hydrogens (tertiary/aromatic N) is 2. The molecule has 0 fully saturated rings. The Bertz CT molecular complexity index is 502. The van der Waals surface area contributed by atoms with Gasteiger partial charge in [-0.05, 0) is 24.6 Å². The standard InChI is InChI=1S/C11H8ClFN2O/c1-7-2-3-8(6-9(7)13)16-11-5-4-10(12)14-15-11/h2-6H,1H3. The molecule has 0 aliphatic carbocycles. The lowest BCUT2D eigenvalue weighted by Gasteiger charge is -2.04. The van der Waals surface area contributed by atoms with Gasteiger partial charge in [0, 0.05) is 12.1 Å². The highest BCUT2D eigenvalue weighted by atomic mass is 35.5. The van der Waals surface area contributed by atoms with E-state index >= 15 is 0 Å². The molecule has 0 aliphatic heterocycles. The normalized spacial score (nSPS) is 10.2. The van der Waals surface area contributed by atoms with E-state index in [-0.39, 0.29) is 16.9 Å². The topological polar surface area (TPSA) is 35.0 Å². The Kier molecular flexibility index (Phi) is 3.01. The van der Waals surface area contributed by atoms with Crippen molar-refractivity contribution in [1.82, 2.24) is 10.2 Å². The number of aromatic nitrogens is 2. The lowest BCUT2D eigenvalue weighted by Crippen LogP contribution is -1.91. The van der Waals surface area contributed by atoms with E-state index in [1.54, 1.807) is 31.2 Å². The zero-order valence-electron chi connectivity index (χ0n) is 8.45. The van der Waals surface area contributed by atoms with Gasteiger partial charge in [0.2, 0.25) is 5.88 Å². The SMILES string of the molecule is Cc1ccc(Oc2ccc(Cl)nn2)cc1F. The molecule has 0 radical (unpaired) electrons. The molecule has 0 N–H and O–H groups in total. The number of hydrogen-bond acceptors (Lipinski definition) is 3. The van der Waals surface area contributed by atoms with Crippen molar-refractivity contribution < 1.29 is 9.13 Å². The van der Waals surface area contributed by atoms with Crippen molar-refractivity contribution in [1.29, 1.82) is 0 Å². The Labute approximate surface area is 96.8 Å². The minimum Gasteiger partial charge on any atom is -0.437 e. The molecule has 82 valence electrons. The average molecular weight is 239 g/mol. The molecular weight excluding hydrogens is 231 g/mol. The lowest BCUT2D eigenvalue weighted by atomic mass is 10.2. The average Bonchev–Trinajstić information content (AvgIpc) is 2.27. The van der Waals surface area contributed by atoms with Crippen LogP contribution in [-0.4, -0.2) is 10.2 Å². The third kappa shape index (κ3) is 2.46. The Balaban J connectivity index is 2.20. The summed E-state index contributed by atoms with van der Waals surface area (Å²) in [5.74, 6) is 0.326. The summed E-state index contributed by atoms with van der Waals surface area (Å²) in [6.45, 7) is 1.68. The molecule has 3 nitrogen and oxygen atoms in total. The maximum atomic E-state index is 13.2. The van der Waals surface area contributed by atoms with Crippen molar-refractivity contribution in [2.75, 3.05) is 0 Å². The molecule has 2 aromatic rings. The van der Waals surface area contributed by atoms with Gasteiger partial charge in [0.05, 0.1) is 0 Å². The monoisotopic (exact) mass is 238 g/mol. The highest BCUT2D eigenvalue weighted by Crippen LogP contribution is 2.21. The molecule has 0 bridgehead atoms. The van der Waals surface area contributed by atoms with E-state index in [9.17, 15) is 4.39 Å². The first-order chi connectivity index (χ1) is 7.65. The molecular formula is C11H8ClFN2O. The van der Waals surface area contributed by atoms with Crippen LogP contribution in [0.15, 0.2) is 30.3 Å². The summed E-state index contributed by atoms with van der Waals surface area (Å²) in [7, 11) is 0. The Morgan fingerprint density at radius 2 is 2.00 bits per heavy atom. The highest BCUT2D eigenvalue weighted by molar-refractivity contribution is 6.29. The van der Waals surface area contributed by atoms with E-state index in [2.05, 4.69) is 10.2 Å². The van der Waals surface area contributed by atoms with Crippen molar-refractivity contribution in [2.45, 2.75) is 6.92 Å². The summed E-state index contributed by atoms with van der Waals surface area (Å²) >= 11 is 5.57. The predicted molar refractivity (Wildman–Crippen MR) is 58.3 cm³/mol. The first-order valence-electron chi connectivity index (χ1n) is 4.58. The van der Waals surface area contributed by atoms with Crippen molar-refractivity contribution >= 4 is 11.6 Å². The fourth-order valence-electron chi connectivity index (χ4n) is 1.12. The first-order valence-corrected chi connectivity index (χ1v) is 4.96. The van der Waals surface area contributed by atoms with Gasteiger partial charge >= 0.3 is 0 Å². The number of benzene rings is 1. The maximum absolute atomic E-state index is 13.2. The Morgan fingerprint density at radius 3 is 2.62 bits per heavy atom. The predicted octanol–water partition coefficient (Wildman–Crippen LogP) is 3.37. The van der Waals surface area contributed by atoms with E-state index < -0.39 is 0 Å². The smallest absolute Gasteiger partial charge is 0.238 e. The van der Waals surface area contributed by atoms with Crippen molar-refractivity contribution in [3.8, 4) is 11.6 Å². The minimum absolute atomic E-state index is 0.271. The third-order valence-corrected chi connectivity index (χ3v) is 2.17. The van der Waals surface area contributed by atoms with E-state index in [0.717, 1.165) is 0 Å². The van der Waals surface area contributed by atoms with E-state index in [0.29, 0.717) is 11.3 Å². The lowest BCUT2D eigenvalue weighted by molar-refractivity contribution is 0.450. The Hall–Kier alpha value is -1.68. The van der Waals surface area contributed by atoms with Crippen molar-refractivity contribution in [3.63, 3.8) is 0 Å². The molecule has 5 heteroatoms. The van der Waals surface area contributed by atoms with Gasteiger partial charge < -0.3 is 4.74 Å². The van der Waals surface area contributed by atoms with Crippen LogP contribution in [0.2, 0.25) is 5.15 Å². The van der Waals surface area contributed by atoms with Crippen LogP contribution >= 0.6 is 11.6 Å². The number of halogens is 2. The first kappa shape index (κ1) is 10.8. The number of ether oxygens (including phenoxy) is 1. The summed E-state index contributed by atoms with van der Waals surface area (Å²) in [6, 6.07) is 7.70. The molecule has 0 amide bonds. The second kappa shape index (κ2) is 4.45. The van der Waals surface area contributed by atoms with E-state index in [1.807, 2.05) is 0 Å². The summed E-state index contributed by atoms with van der Waals surface area (Å²) in [5.41, 5.74) is 0.564. The summed E-state index contributed by atoms with van der Waals surface area (Å²) in [5, 5.41) is 7.59. The molecule has 16 heavy (non-hydrogen) atoms. The van der Waals surface area contributed by atoms with Gasteiger partial charge in [-0.2, -0.15) is 0 Å². The van der Waals surface area contributed by atoms with Crippen LogP contribution in [0.4, 0.5) is 4.39 Å². The number of hydrogen-bond donors (Lipinski definition) is 0. The molecule has 0 saturated carbocycles. The van der Waals surface area contributed by atoms with Crippen LogP contribution in [0.1, 0.15) is 5.56 Å². The summed E-state index contributed by atoms with van der Waals surface area (Å²) in [4.78, 5) is 0. The third-order valence-electron chi connectivity index (χ3n) is 1.97. The van der Waals surface area contributed by atoms with Crippen LogP contribution in [0.25, 0.3) is 0 Å². The minimum atomic E-state index is -0.320. The second-order valence-corrected chi connectivity index (χ2v) is 3.59. The zero-order valence-corrected chi connectivity index (χ0v) is 9.20. The van der Waals surface area contributed by atoms with E-state index in [1.165, 1.54) is 6.07 Å². The molecule has 0 unspecified atom stereocenters. The van der Waals surface area contributed by atoms with E-state index in [4.69, 9.17) is 16.3 Å². The van der Waals surface area contributed by atoms with Gasteiger partial charge in [-0.1, -0.05) is 17.7 Å². The number of aryl methyl sites for hydroxylation is 1. The second-order valence-electron chi connectivity index (χ2n) is 3.21. The largest absolute Gasteiger partial charge is 0.437 e. The Morgan fingerprint density at radius 1 is 1.19 bits per heavy atom. The van der Waals surface area contributed by atoms with Crippen molar-refractivity contribution in [2.24, 2.45) is 0 Å². The molecule has 0 spiro atoms. The summed E-state index contributed by atoms with van der Waals surface area (Å²) in [6.07, 6.45) is 0. The van der Waals surface area contributed by atoms with Crippen LogP contribution in [0.3, 0.4) is 0 Å². The number of rotatable bonds is 2. The van der Waals surface area contributed by atoms with Crippen LogP contribution in [-0.2, 0) is 0 Å². The van der Waals surface area contributed by atoms with Gasteiger partial charge in [-0.3, -0.25) is 0 Å². The highest BCUT2D eigenvalue weighted by Gasteiger charge is 2.03. The van der Waals surface area contributed by atoms with Gasteiger partial charge in [0.25, 0.3) is 0 Å².